The van der Waals surface area contributed by atoms with Crippen molar-refractivity contribution in [2.75, 3.05) is 0 Å². The van der Waals surface area contributed by atoms with E-state index >= 15 is 0 Å². The molecule has 0 aliphatic rings. The molecule has 0 aliphatic carbocycles. The third-order valence-corrected chi connectivity index (χ3v) is 3.35. The highest BCUT2D eigenvalue weighted by Crippen LogP contribution is 2.24. The van der Waals surface area contributed by atoms with E-state index in [0.717, 1.165) is 17.5 Å². The van der Waals surface area contributed by atoms with Gasteiger partial charge in [0.15, 0.2) is 0 Å². The Hall–Kier alpha value is -1.89. The second-order valence-corrected chi connectivity index (χ2v) is 4.81. The normalized spacial score (nSPS) is 10.4. The molecule has 2 aromatic carbocycles. The fourth-order valence-electron chi connectivity index (χ4n) is 2.27. The third-order valence-electron chi connectivity index (χ3n) is 3.35. The van der Waals surface area contributed by atoms with Crippen molar-refractivity contribution in [3.63, 3.8) is 0 Å². The van der Waals surface area contributed by atoms with Gasteiger partial charge in [0.1, 0.15) is 0 Å². The summed E-state index contributed by atoms with van der Waals surface area (Å²) in [5, 5.41) is 0. The number of aryl methyl sites for hydroxylation is 1. The van der Waals surface area contributed by atoms with Gasteiger partial charge in [-0.05, 0) is 29.5 Å². The van der Waals surface area contributed by atoms with Crippen LogP contribution in [-0.2, 0) is 11.2 Å². The number of hydrogen-bond donors (Lipinski definition) is 0. The summed E-state index contributed by atoms with van der Waals surface area (Å²) in [5.41, 5.74) is 4.01. The Morgan fingerprint density at radius 2 is 1.79 bits per heavy atom. The Morgan fingerprint density at radius 3 is 2.47 bits per heavy atom. The monoisotopic (exact) mass is 251 g/mol. The smallest absolute Gasteiger partial charge is 0.234 e. The first-order valence-corrected chi connectivity index (χ1v) is 6.91. The first-order valence-electron chi connectivity index (χ1n) is 6.91. The first-order chi connectivity index (χ1) is 9.35. The first kappa shape index (κ1) is 13.5. The van der Waals surface area contributed by atoms with Crippen molar-refractivity contribution < 1.29 is 4.79 Å². The van der Waals surface area contributed by atoms with Gasteiger partial charge in [0, 0.05) is 5.56 Å². The van der Waals surface area contributed by atoms with Crippen LogP contribution in [0.15, 0.2) is 48.5 Å². The Kier molecular flexibility index (Phi) is 4.91. The van der Waals surface area contributed by atoms with E-state index in [0.29, 0.717) is 5.56 Å². The van der Waals surface area contributed by atoms with E-state index in [2.05, 4.69) is 13.0 Å². The topological polar surface area (TPSA) is 17.1 Å². The quantitative estimate of drug-likeness (QED) is 0.689. The van der Waals surface area contributed by atoms with Crippen LogP contribution in [0.2, 0.25) is 0 Å². The summed E-state index contributed by atoms with van der Waals surface area (Å²) in [6.07, 6.45) is 6.80. The average molecular weight is 251 g/mol. The minimum atomic E-state index is 0.644. The number of hydrogen-bond acceptors (Lipinski definition) is 1. The van der Waals surface area contributed by atoms with Gasteiger partial charge < -0.3 is 0 Å². The van der Waals surface area contributed by atoms with Gasteiger partial charge in [-0.15, -0.1) is 0 Å². The third kappa shape index (κ3) is 3.54. The van der Waals surface area contributed by atoms with Crippen LogP contribution < -0.4 is 0 Å². The van der Waals surface area contributed by atoms with Gasteiger partial charge in [0.2, 0.25) is 6.29 Å². The molecule has 2 aromatic rings. The van der Waals surface area contributed by atoms with Gasteiger partial charge in [0.25, 0.3) is 0 Å². The summed E-state index contributed by atoms with van der Waals surface area (Å²) in [5.74, 6) is 0. The molecule has 0 saturated carbocycles. The number of benzene rings is 2. The fourth-order valence-corrected chi connectivity index (χ4v) is 2.27. The molecule has 1 nitrogen and oxygen atoms in total. The summed E-state index contributed by atoms with van der Waals surface area (Å²) in [6.45, 7) is 2.21. The SMILES string of the molecule is CCCCCc1ccc([C]=O)c(-c2ccccc2)c1. The van der Waals surface area contributed by atoms with Crippen molar-refractivity contribution in [1.82, 2.24) is 0 Å². The van der Waals surface area contributed by atoms with E-state index in [9.17, 15) is 4.79 Å². The van der Waals surface area contributed by atoms with Crippen molar-refractivity contribution in [3.05, 3.63) is 59.7 Å². The summed E-state index contributed by atoms with van der Waals surface area (Å²) >= 11 is 0. The van der Waals surface area contributed by atoms with Crippen LogP contribution in [-0.4, -0.2) is 6.29 Å². The Balaban J connectivity index is 2.29. The van der Waals surface area contributed by atoms with Crippen molar-refractivity contribution in [2.45, 2.75) is 32.6 Å². The zero-order valence-corrected chi connectivity index (χ0v) is 11.4. The van der Waals surface area contributed by atoms with Gasteiger partial charge >= 0.3 is 0 Å². The van der Waals surface area contributed by atoms with Crippen LogP contribution in [0.5, 0.6) is 0 Å². The van der Waals surface area contributed by atoms with Crippen molar-refractivity contribution >= 4 is 6.29 Å². The fraction of sp³-hybridized carbons (Fsp3) is 0.278. The van der Waals surface area contributed by atoms with E-state index in [4.69, 9.17) is 0 Å². The average Bonchev–Trinajstić information content (AvgIpc) is 2.48. The molecule has 1 radical (unpaired) electrons. The molecule has 0 amide bonds. The standard InChI is InChI=1S/C18H19O/c1-2-3-5-8-15-11-12-17(14-19)18(13-15)16-9-6-4-7-10-16/h4,6-7,9-13H,2-3,5,8H2,1H3. The second kappa shape index (κ2) is 6.89. The highest BCUT2D eigenvalue weighted by Gasteiger charge is 2.06. The molecule has 19 heavy (non-hydrogen) atoms. The van der Waals surface area contributed by atoms with Crippen molar-refractivity contribution in [1.29, 1.82) is 0 Å². The van der Waals surface area contributed by atoms with Crippen LogP contribution in [0.4, 0.5) is 0 Å². The van der Waals surface area contributed by atoms with Crippen LogP contribution in [0.3, 0.4) is 0 Å². The van der Waals surface area contributed by atoms with E-state index in [-0.39, 0.29) is 0 Å². The molecule has 0 fully saturated rings. The molecule has 0 heterocycles. The Bertz CT molecular complexity index is 529. The van der Waals surface area contributed by atoms with E-state index in [1.165, 1.54) is 24.8 Å². The molecular formula is C18H19O. The minimum absolute atomic E-state index is 0.644. The molecule has 0 saturated heterocycles. The maximum absolute atomic E-state index is 11.0. The lowest BCUT2D eigenvalue weighted by atomic mass is 9.96. The van der Waals surface area contributed by atoms with E-state index < -0.39 is 0 Å². The highest BCUT2D eigenvalue weighted by atomic mass is 16.1. The molecule has 0 bridgehead atoms. The number of rotatable bonds is 6. The van der Waals surface area contributed by atoms with Crippen LogP contribution >= 0.6 is 0 Å². The largest absolute Gasteiger partial charge is 0.285 e. The van der Waals surface area contributed by atoms with E-state index in [1.807, 2.05) is 48.8 Å². The lowest BCUT2D eigenvalue weighted by Crippen LogP contribution is -1.92. The molecule has 2 rings (SSSR count). The van der Waals surface area contributed by atoms with Crippen LogP contribution in [0, 0.1) is 0 Å². The van der Waals surface area contributed by atoms with Gasteiger partial charge in [-0.1, -0.05) is 68.3 Å². The van der Waals surface area contributed by atoms with Gasteiger partial charge in [-0.3, -0.25) is 4.79 Å². The molecular weight excluding hydrogens is 232 g/mol. The lowest BCUT2D eigenvalue weighted by molar-refractivity contribution is 0.563. The molecule has 0 unspecified atom stereocenters. The number of unbranched alkanes of at least 4 members (excludes halogenated alkanes) is 2. The summed E-state index contributed by atoms with van der Waals surface area (Å²) in [7, 11) is 0. The summed E-state index contributed by atoms with van der Waals surface area (Å²) in [4.78, 5) is 11.0. The number of carbonyl (C=O) groups excluding carboxylic acids is 1. The second-order valence-electron chi connectivity index (χ2n) is 4.81. The van der Waals surface area contributed by atoms with Crippen molar-refractivity contribution in [3.8, 4) is 11.1 Å². The van der Waals surface area contributed by atoms with Gasteiger partial charge in [0.05, 0.1) is 0 Å². The zero-order chi connectivity index (χ0) is 13.5. The van der Waals surface area contributed by atoms with Gasteiger partial charge in [-0.25, -0.2) is 0 Å². The minimum Gasteiger partial charge on any atom is -0.285 e. The molecule has 1 heteroatoms. The predicted octanol–water partition coefficient (Wildman–Crippen LogP) is 4.54. The molecule has 0 aliphatic heterocycles. The molecule has 0 aromatic heterocycles. The Morgan fingerprint density at radius 1 is 1.00 bits per heavy atom. The molecule has 0 N–H and O–H groups in total. The summed E-state index contributed by atoms with van der Waals surface area (Å²) < 4.78 is 0. The van der Waals surface area contributed by atoms with Crippen LogP contribution in [0.1, 0.15) is 37.3 Å². The zero-order valence-electron chi connectivity index (χ0n) is 11.4. The highest BCUT2D eigenvalue weighted by molar-refractivity contribution is 5.88. The van der Waals surface area contributed by atoms with Crippen LogP contribution in [0.25, 0.3) is 11.1 Å². The van der Waals surface area contributed by atoms with Gasteiger partial charge in [-0.2, -0.15) is 0 Å². The maximum Gasteiger partial charge on any atom is 0.234 e. The predicted molar refractivity (Wildman–Crippen MR) is 79.9 cm³/mol. The molecule has 0 atom stereocenters. The maximum atomic E-state index is 11.0. The Labute approximate surface area is 115 Å². The van der Waals surface area contributed by atoms with Crippen molar-refractivity contribution in [2.24, 2.45) is 0 Å². The van der Waals surface area contributed by atoms with E-state index in [1.54, 1.807) is 0 Å². The lowest BCUT2D eigenvalue weighted by Gasteiger charge is -2.08. The molecule has 97 valence electrons. The molecule has 0 spiro atoms. The summed E-state index contributed by atoms with van der Waals surface area (Å²) in [6, 6.07) is 16.1.